The van der Waals surface area contributed by atoms with Crippen molar-refractivity contribution in [1.29, 1.82) is 0 Å². The first kappa shape index (κ1) is 14.5. The summed E-state index contributed by atoms with van der Waals surface area (Å²) < 4.78 is 1.01. The largest absolute Gasteiger partial charge is 0.310 e. The standard InChI is InChI=1S/C12H17BrN2OS/c1-8-5-9(13)6-14-11(8)15-10(16)7-17-12(2,3)4/h5-6H,7H2,1-4H3,(H,14,15,16). The fraction of sp³-hybridized carbons (Fsp3) is 0.500. The number of hydrogen-bond acceptors (Lipinski definition) is 3. The van der Waals surface area contributed by atoms with E-state index >= 15 is 0 Å². The maximum atomic E-state index is 11.7. The molecule has 0 atom stereocenters. The highest BCUT2D eigenvalue weighted by atomic mass is 79.9. The number of nitrogens with zero attached hydrogens (tertiary/aromatic N) is 1. The molecule has 0 aromatic carbocycles. The zero-order chi connectivity index (χ0) is 13.1. The lowest BCUT2D eigenvalue weighted by Gasteiger charge is -2.17. The molecule has 0 radical (unpaired) electrons. The SMILES string of the molecule is Cc1cc(Br)cnc1NC(=O)CSC(C)(C)C. The minimum atomic E-state index is -0.0113. The van der Waals surface area contributed by atoms with Gasteiger partial charge in [0.05, 0.1) is 5.75 Å². The van der Waals surface area contributed by atoms with E-state index in [2.05, 4.69) is 47.0 Å². The predicted octanol–water partition coefficient (Wildman–Crippen LogP) is 3.62. The molecule has 1 amide bonds. The van der Waals surface area contributed by atoms with Gasteiger partial charge in [-0.15, -0.1) is 11.8 Å². The monoisotopic (exact) mass is 316 g/mol. The Morgan fingerprint density at radius 1 is 1.53 bits per heavy atom. The normalized spacial score (nSPS) is 11.4. The highest BCUT2D eigenvalue weighted by Gasteiger charge is 2.14. The third-order valence-electron chi connectivity index (χ3n) is 1.94. The number of anilines is 1. The van der Waals surface area contributed by atoms with Crippen LogP contribution in [0.3, 0.4) is 0 Å². The first-order valence-corrected chi connectivity index (χ1v) is 7.12. The topological polar surface area (TPSA) is 42.0 Å². The van der Waals surface area contributed by atoms with Gasteiger partial charge in [0.25, 0.3) is 0 Å². The number of thioether (sulfide) groups is 1. The van der Waals surface area contributed by atoms with Gasteiger partial charge in [0, 0.05) is 15.4 Å². The molecular formula is C12H17BrN2OS. The molecule has 1 aromatic heterocycles. The van der Waals surface area contributed by atoms with Crippen molar-refractivity contribution < 1.29 is 4.79 Å². The maximum Gasteiger partial charge on any atom is 0.235 e. The fourth-order valence-electron chi connectivity index (χ4n) is 1.12. The molecule has 0 fully saturated rings. The number of pyridine rings is 1. The zero-order valence-electron chi connectivity index (χ0n) is 10.5. The molecule has 1 rings (SSSR count). The Hall–Kier alpha value is -0.550. The van der Waals surface area contributed by atoms with E-state index < -0.39 is 0 Å². The second-order valence-electron chi connectivity index (χ2n) is 4.77. The maximum absolute atomic E-state index is 11.7. The third kappa shape index (κ3) is 5.55. The average molecular weight is 317 g/mol. The summed E-state index contributed by atoms with van der Waals surface area (Å²) in [6.45, 7) is 8.19. The molecule has 17 heavy (non-hydrogen) atoms. The van der Waals surface area contributed by atoms with E-state index in [9.17, 15) is 4.79 Å². The smallest absolute Gasteiger partial charge is 0.235 e. The van der Waals surface area contributed by atoms with Crippen molar-refractivity contribution in [3.05, 3.63) is 22.3 Å². The molecule has 94 valence electrons. The summed E-state index contributed by atoms with van der Waals surface area (Å²) >= 11 is 4.96. The van der Waals surface area contributed by atoms with Crippen molar-refractivity contribution >= 4 is 39.4 Å². The number of halogens is 1. The minimum absolute atomic E-state index is 0.0113. The van der Waals surface area contributed by atoms with Crippen LogP contribution in [-0.4, -0.2) is 21.4 Å². The minimum Gasteiger partial charge on any atom is -0.310 e. The van der Waals surface area contributed by atoms with E-state index in [1.165, 1.54) is 0 Å². The lowest BCUT2D eigenvalue weighted by molar-refractivity contribution is -0.113. The number of aryl methyl sites for hydroxylation is 1. The van der Waals surface area contributed by atoms with Crippen molar-refractivity contribution in [2.75, 3.05) is 11.1 Å². The van der Waals surface area contributed by atoms with Gasteiger partial charge in [-0.3, -0.25) is 4.79 Å². The number of nitrogens with one attached hydrogen (secondary N) is 1. The van der Waals surface area contributed by atoms with Crippen LogP contribution in [0.25, 0.3) is 0 Å². The van der Waals surface area contributed by atoms with Crippen LogP contribution in [0.15, 0.2) is 16.7 Å². The molecule has 0 bridgehead atoms. The molecule has 1 aromatic rings. The second-order valence-corrected chi connectivity index (χ2v) is 7.49. The van der Waals surface area contributed by atoms with Crippen LogP contribution in [0.5, 0.6) is 0 Å². The number of carbonyl (C=O) groups is 1. The molecule has 5 heteroatoms. The van der Waals surface area contributed by atoms with Gasteiger partial charge < -0.3 is 5.32 Å². The van der Waals surface area contributed by atoms with Crippen molar-refractivity contribution in [3.8, 4) is 0 Å². The first-order chi connectivity index (χ1) is 7.78. The summed E-state index contributed by atoms with van der Waals surface area (Å²) in [5.41, 5.74) is 0.952. The van der Waals surface area contributed by atoms with Crippen molar-refractivity contribution in [2.24, 2.45) is 0 Å². The van der Waals surface area contributed by atoms with Crippen molar-refractivity contribution in [2.45, 2.75) is 32.4 Å². The van der Waals surface area contributed by atoms with Crippen LogP contribution < -0.4 is 5.32 Å². The molecule has 1 N–H and O–H groups in total. The number of rotatable bonds is 3. The van der Waals surface area contributed by atoms with E-state index in [4.69, 9.17) is 0 Å². The lowest BCUT2D eigenvalue weighted by Crippen LogP contribution is -2.19. The van der Waals surface area contributed by atoms with Crippen LogP contribution in [0.2, 0.25) is 0 Å². The van der Waals surface area contributed by atoms with Gasteiger partial charge in [0.2, 0.25) is 5.91 Å². The van der Waals surface area contributed by atoms with Crippen LogP contribution >= 0.6 is 27.7 Å². The molecule has 1 heterocycles. The highest BCUT2D eigenvalue weighted by molar-refractivity contribution is 9.10. The van der Waals surface area contributed by atoms with E-state index in [0.717, 1.165) is 10.0 Å². The van der Waals surface area contributed by atoms with Crippen LogP contribution in [0.4, 0.5) is 5.82 Å². The molecule has 0 saturated carbocycles. The Kier molecular flexibility index (Phi) is 5.01. The summed E-state index contributed by atoms with van der Waals surface area (Å²) in [5.74, 6) is 1.07. The zero-order valence-corrected chi connectivity index (χ0v) is 12.9. The van der Waals surface area contributed by atoms with Gasteiger partial charge in [-0.2, -0.15) is 0 Å². The number of aromatic nitrogens is 1. The Balaban J connectivity index is 2.57. The number of hydrogen-bond donors (Lipinski definition) is 1. The second kappa shape index (κ2) is 5.87. The third-order valence-corrected chi connectivity index (χ3v) is 3.65. The molecule has 3 nitrogen and oxygen atoms in total. The Bertz CT molecular complexity index is 415. The highest BCUT2D eigenvalue weighted by Crippen LogP contribution is 2.23. The predicted molar refractivity (Wildman–Crippen MR) is 77.5 cm³/mol. The summed E-state index contributed by atoms with van der Waals surface area (Å²) in [7, 11) is 0. The summed E-state index contributed by atoms with van der Waals surface area (Å²) in [4.78, 5) is 15.9. The number of amides is 1. The van der Waals surface area contributed by atoms with Crippen LogP contribution in [0, 0.1) is 6.92 Å². The van der Waals surface area contributed by atoms with E-state index in [1.807, 2.05) is 13.0 Å². The Morgan fingerprint density at radius 2 is 2.18 bits per heavy atom. The molecule has 0 saturated heterocycles. The van der Waals surface area contributed by atoms with Crippen LogP contribution in [-0.2, 0) is 4.79 Å². The van der Waals surface area contributed by atoms with Gasteiger partial charge in [-0.05, 0) is 34.5 Å². The molecule has 0 spiro atoms. The molecule has 0 aliphatic rings. The summed E-state index contributed by atoms with van der Waals surface area (Å²) in [5, 5.41) is 2.82. The Labute approximate surface area is 115 Å². The molecule has 0 unspecified atom stereocenters. The van der Waals surface area contributed by atoms with Crippen LogP contribution in [0.1, 0.15) is 26.3 Å². The van der Waals surface area contributed by atoms with E-state index in [1.54, 1.807) is 18.0 Å². The van der Waals surface area contributed by atoms with E-state index in [-0.39, 0.29) is 10.7 Å². The van der Waals surface area contributed by atoms with E-state index in [0.29, 0.717) is 11.6 Å². The Morgan fingerprint density at radius 3 is 2.71 bits per heavy atom. The van der Waals surface area contributed by atoms with Crippen molar-refractivity contribution in [1.82, 2.24) is 4.98 Å². The lowest BCUT2D eigenvalue weighted by atomic mass is 10.3. The fourth-order valence-corrected chi connectivity index (χ4v) is 2.20. The van der Waals surface area contributed by atoms with Gasteiger partial charge in [-0.25, -0.2) is 4.98 Å². The quantitative estimate of drug-likeness (QED) is 0.926. The van der Waals surface area contributed by atoms with Gasteiger partial charge in [-0.1, -0.05) is 20.8 Å². The molecule has 0 aliphatic carbocycles. The number of carbonyl (C=O) groups excluding carboxylic acids is 1. The average Bonchev–Trinajstić information content (AvgIpc) is 2.18. The first-order valence-electron chi connectivity index (χ1n) is 5.34. The van der Waals surface area contributed by atoms with Crippen molar-refractivity contribution in [3.63, 3.8) is 0 Å². The summed E-state index contributed by atoms with van der Waals surface area (Å²) in [6, 6.07) is 1.93. The van der Waals surface area contributed by atoms with Gasteiger partial charge in [0.1, 0.15) is 5.82 Å². The molecule has 0 aliphatic heterocycles. The van der Waals surface area contributed by atoms with Gasteiger partial charge >= 0.3 is 0 Å². The van der Waals surface area contributed by atoms with Gasteiger partial charge in [0.15, 0.2) is 0 Å². The molecular weight excluding hydrogens is 300 g/mol. The summed E-state index contributed by atoms with van der Waals surface area (Å²) in [6.07, 6.45) is 1.68.